The van der Waals surface area contributed by atoms with Gasteiger partial charge in [0.1, 0.15) is 11.6 Å². The van der Waals surface area contributed by atoms with Gasteiger partial charge >= 0.3 is 5.97 Å². The van der Waals surface area contributed by atoms with E-state index in [1.165, 1.54) is 5.57 Å². The smallest absolute Gasteiger partial charge is 0.305 e. The standard InChI is InChI=1S/C32H47N3O6S/c1-6-32(40)14-11-25-23-8-7-20-15-21(9-12-30(20,4)24(23)10-13-31(25,32)5)35-41-17-26(36)34-28(19(2)3)29(39)33-22(18-42)16-27(37)38/h1,15,19,22-25,28,40,42H,7-14,16-18H2,2-5H3,(H,33,39)(H,34,36)(H,37,38)/t22-,23+,24+,25+,28-,30-,31-,32+/m0/s1. The van der Waals surface area contributed by atoms with E-state index in [9.17, 15) is 19.5 Å². The Morgan fingerprint density at radius 3 is 2.50 bits per heavy atom. The molecule has 8 atom stereocenters. The third-order valence-corrected chi connectivity index (χ3v) is 11.4. The second kappa shape index (κ2) is 12.6. The van der Waals surface area contributed by atoms with Gasteiger partial charge < -0.3 is 25.7 Å². The molecule has 0 saturated heterocycles. The van der Waals surface area contributed by atoms with Crippen LogP contribution in [0.1, 0.15) is 85.5 Å². The Labute approximate surface area is 255 Å². The second-order valence-corrected chi connectivity index (χ2v) is 14.0. The third-order valence-electron chi connectivity index (χ3n) is 11.0. The summed E-state index contributed by atoms with van der Waals surface area (Å²) >= 11 is 4.11. The third kappa shape index (κ3) is 6.10. The molecule has 2 amide bonds. The Morgan fingerprint density at radius 2 is 1.86 bits per heavy atom. The van der Waals surface area contributed by atoms with Crippen molar-refractivity contribution in [2.45, 2.75) is 103 Å². The van der Waals surface area contributed by atoms with Crippen LogP contribution in [0.15, 0.2) is 16.8 Å². The van der Waals surface area contributed by atoms with Crippen LogP contribution >= 0.6 is 12.6 Å². The number of nitrogens with zero attached hydrogens (tertiary/aromatic N) is 1. The van der Waals surface area contributed by atoms with Crippen LogP contribution in [-0.4, -0.2) is 63.8 Å². The lowest BCUT2D eigenvalue weighted by molar-refractivity contribution is -0.138. The van der Waals surface area contributed by atoms with Crippen LogP contribution in [0, 0.1) is 46.8 Å². The highest BCUT2D eigenvalue weighted by atomic mass is 32.1. The Bertz CT molecular complexity index is 1180. The minimum Gasteiger partial charge on any atom is -0.481 e. The molecule has 0 aliphatic heterocycles. The molecule has 10 heteroatoms. The van der Waals surface area contributed by atoms with Crippen LogP contribution in [0.3, 0.4) is 0 Å². The van der Waals surface area contributed by atoms with E-state index in [2.05, 4.69) is 54.3 Å². The number of carboxylic acid groups (broad SMARTS) is 1. The molecule has 0 aromatic heterocycles. The number of carbonyl (C=O) groups excluding carboxylic acids is 2. The van der Waals surface area contributed by atoms with Gasteiger partial charge in [0.2, 0.25) is 5.91 Å². The number of thiol groups is 1. The van der Waals surface area contributed by atoms with Gasteiger partial charge in [-0.15, -0.1) is 6.42 Å². The molecule has 0 unspecified atom stereocenters. The Hall–Kier alpha value is -2.51. The highest BCUT2D eigenvalue weighted by Gasteiger charge is 2.63. The molecular weight excluding hydrogens is 554 g/mol. The van der Waals surface area contributed by atoms with Gasteiger partial charge in [-0.2, -0.15) is 12.6 Å². The fraction of sp³-hybridized carbons (Fsp3) is 0.750. The number of allylic oxidation sites excluding steroid dienone is 2. The molecule has 4 aliphatic rings. The molecule has 0 aromatic rings. The number of terminal acetylenes is 1. The van der Waals surface area contributed by atoms with E-state index < -0.39 is 35.5 Å². The van der Waals surface area contributed by atoms with Crippen molar-refractivity contribution in [3.05, 3.63) is 11.6 Å². The summed E-state index contributed by atoms with van der Waals surface area (Å²) in [5.74, 6) is 2.30. The van der Waals surface area contributed by atoms with Gasteiger partial charge in [-0.05, 0) is 86.5 Å². The number of amides is 2. The van der Waals surface area contributed by atoms with Crippen molar-refractivity contribution in [3.63, 3.8) is 0 Å². The van der Waals surface area contributed by atoms with Crippen molar-refractivity contribution in [2.24, 2.45) is 39.7 Å². The summed E-state index contributed by atoms with van der Waals surface area (Å²) < 4.78 is 0. The topological polar surface area (TPSA) is 137 Å². The molecular formula is C32H47N3O6S. The van der Waals surface area contributed by atoms with E-state index in [0.29, 0.717) is 24.2 Å². The molecule has 4 N–H and O–H groups in total. The maximum Gasteiger partial charge on any atom is 0.305 e. The normalized spacial score (nSPS) is 36.0. The average Bonchev–Trinajstić information content (AvgIpc) is 3.21. The van der Waals surface area contributed by atoms with Crippen molar-refractivity contribution in [2.75, 3.05) is 12.4 Å². The molecule has 232 valence electrons. The first-order valence-electron chi connectivity index (χ1n) is 15.3. The highest BCUT2D eigenvalue weighted by molar-refractivity contribution is 7.80. The fourth-order valence-electron chi connectivity index (χ4n) is 8.48. The van der Waals surface area contributed by atoms with Crippen LogP contribution in [-0.2, 0) is 19.2 Å². The van der Waals surface area contributed by atoms with E-state index in [1.54, 1.807) is 13.8 Å². The summed E-state index contributed by atoms with van der Waals surface area (Å²) in [4.78, 5) is 41.8. The molecule has 9 nitrogen and oxygen atoms in total. The van der Waals surface area contributed by atoms with Crippen LogP contribution < -0.4 is 10.6 Å². The lowest BCUT2D eigenvalue weighted by Gasteiger charge is -2.58. The highest BCUT2D eigenvalue weighted by Crippen LogP contribution is 2.67. The molecule has 4 aliphatic carbocycles. The SMILES string of the molecule is C#C[C@@]1(O)CC[C@@H]2[C@@H]3CCC4=CC(=NOCC(=O)N[C@H](C(=O)N[C@H](CS)CC(=O)O)C(C)C)CC[C@]4(C)[C@@H]3CC[C@@]21C. The molecule has 0 aromatic carbocycles. The monoisotopic (exact) mass is 601 g/mol. The minimum atomic E-state index is -1.04. The van der Waals surface area contributed by atoms with Crippen molar-refractivity contribution in [1.29, 1.82) is 0 Å². The zero-order valence-corrected chi connectivity index (χ0v) is 26.2. The zero-order valence-electron chi connectivity index (χ0n) is 25.3. The van der Waals surface area contributed by atoms with Crippen LogP contribution in [0.5, 0.6) is 0 Å². The number of hydrogen-bond acceptors (Lipinski definition) is 7. The molecule has 0 bridgehead atoms. The van der Waals surface area contributed by atoms with E-state index >= 15 is 0 Å². The quantitative estimate of drug-likeness (QED) is 0.147. The van der Waals surface area contributed by atoms with Crippen molar-refractivity contribution in [1.82, 2.24) is 10.6 Å². The maximum atomic E-state index is 12.7. The number of aliphatic hydroxyl groups is 1. The number of carboxylic acids is 1. The second-order valence-electron chi connectivity index (χ2n) is 13.6. The van der Waals surface area contributed by atoms with E-state index in [4.69, 9.17) is 16.4 Å². The predicted molar refractivity (Wildman–Crippen MR) is 164 cm³/mol. The first-order chi connectivity index (χ1) is 19.8. The van der Waals surface area contributed by atoms with E-state index in [-0.39, 0.29) is 35.5 Å². The van der Waals surface area contributed by atoms with Gasteiger partial charge in [0.25, 0.3) is 5.91 Å². The zero-order chi connectivity index (χ0) is 30.9. The molecule has 0 radical (unpaired) electrons. The van der Waals surface area contributed by atoms with Gasteiger partial charge in [0.05, 0.1) is 12.1 Å². The summed E-state index contributed by atoms with van der Waals surface area (Å²) in [7, 11) is 0. The van der Waals surface area contributed by atoms with Crippen molar-refractivity contribution < 1.29 is 29.4 Å². The van der Waals surface area contributed by atoms with Crippen LogP contribution in [0.4, 0.5) is 0 Å². The summed E-state index contributed by atoms with van der Waals surface area (Å²) in [6.45, 7) is 7.87. The summed E-state index contributed by atoms with van der Waals surface area (Å²) in [5.41, 5.74) is 1.09. The Balaban J connectivity index is 1.35. The van der Waals surface area contributed by atoms with Gasteiger partial charge in [-0.3, -0.25) is 14.4 Å². The fourth-order valence-corrected chi connectivity index (χ4v) is 8.70. The Kier molecular flexibility index (Phi) is 9.73. The molecule has 3 saturated carbocycles. The summed E-state index contributed by atoms with van der Waals surface area (Å²) in [6.07, 6.45) is 15.2. The van der Waals surface area contributed by atoms with Gasteiger partial charge in [0, 0.05) is 17.2 Å². The lowest BCUT2D eigenvalue weighted by atomic mass is 9.46. The summed E-state index contributed by atoms with van der Waals surface area (Å²) in [6, 6.07) is -1.48. The Morgan fingerprint density at radius 1 is 1.14 bits per heavy atom. The molecule has 0 heterocycles. The van der Waals surface area contributed by atoms with Crippen LogP contribution in [0.2, 0.25) is 0 Å². The molecule has 0 spiro atoms. The number of oxime groups is 1. The largest absolute Gasteiger partial charge is 0.481 e. The van der Waals surface area contributed by atoms with Gasteiger partial charge in [-0.1, -0.05) is 44.3 Å². The van der Waals surface area contributed by atoms with Crippen LogP contribution in [0.25, 0.3) is 0 Å². The number of hydrogen-bond donors (Lipinski definition) is 5. The minimum absolute atomic E-state index is 0.0842. The number of fused-ring (bicyclic) bond motifs is 5. The average molecular weight is 602 g/mol. The van der Waals surface area contributed by atoms with Crippen molar-refractivity contribution in [3.8, 4) is 12.3 Å². The first kappa shape index (κ1) is 32.4. The number of nitrogens with one attached hydrogen (secondary N) is 2. The van der Waals surface area contributed by atoms with E-state index in [0.717, 1.165) is 50.7 Å². The van der Waals surface area contributed by atoms with Gasteiger partial charge in [0.15, 0.2) is 6.61 Å². The number of aliphatic carboxylic acids is 1. The van der Waals surface area contributed by atoms with Gasteiger partial charge in [-0.25, -0.2) is 0 Å². The van der Waals surface area contributed by atoms with Crippen molar-refractivity contribution >= 4 is 36.1 Å². The first-order valence-corrected chi connectivity index (χ1v) is 15.9. The molecule has 3 fully saturated rings. The maximum absolute atomic E-state index is 12.7. The lowest BCUT2D eigenvalue weighted by Crippen LogP contribution is -2.54. The molecule has 4 rings (SSSR count). The number of carbonyl (C=O) groups is 3. The summed E-state index contributed by atoms with van der Waals surface area (Å²) in [5, 5.41) is 29.9. The van der Waals surface area contributed by atoms with E-state index in [1.807, 2.05) is 0 Å². The molecule has 42 heavy (non-hydrogen) atoms. The predicted octanol–water partition coefficient (Wildman–Crippen LogP) is 3.72. The number of rotatable bonds is 10.